The second-order valence-corrected chi connectivity index (χ2v) is 5.50. The van der Waals surface area contributed by atoms with E-state index >= 15 is 0 Å². The number of nitrogens with zero attached hydrogens (tertiary/aromatic N) is 2. The predicted molar refractivity (Wildman–Crippen MR) is 71.2 cm³/mol. The van der Waals surface area contributed by atoms with Crippen molar-refractivity contribution >= 4 is 0 Å². The summed E-state index contributed by atoms with van der Waals surface area (Å²) in [5.41, 5.74) is 1.59. The van der Waals surface area contributed by atoms with E-state index in [1.54, 1.807) is 0 Å². The van der Waals surface area contributed by atoms with Crippen LogP contribution in [0.5, 0.6) is 0 Å². The average molecular weight is 240 g/mol. The molecule has 0 aliphatic heterocycles. The van der Waals surface area contributed by atoms with Crippen molar-refractivity contribution in [2.24, 2.45) is 17.3 Å². The van der Waals surface area contributed by atoms with Crippen LogP contribution < -0.4 is 0 Å². The molecule has 0 saturated heterocycles. The van der Waals surface area contributed by atoms with E-state index in [9.17, 15) is 10.5 Å². The molecule has 2 heteroatoms. The van der Waals surface area contributed by atoms with Crippen LogP contribution in [0.25, 0.3) is 0 Å². The van der Waals surface area contributed by atoms with Crippen molar-refractivity contribution in [3.8, 4) is 12.1 Å². The van der Waals surface area contributed by atoms with Gasteiger partial charge in [-0.1, -0.05) is 31.1 Å². The van der Waals surface area contributed by atoms with E-state index in [1.165, 1.54) is 24.8 Å². The first-order valence-electron chi connectivity index (χ1n) is 6.86. The van der Waals surface area contributed by atoms with Crippen LogP contribution in [-0.2, 0) is 0 Å². The number of hydrogen-bond donors (Lipinski definition) is 0. The molecule has 0 radical (unpaired) electrons. The van der Waals surface area contributed by atoms with Crippen LogP contribution in [0.1, 0.15) is 46.0 Å². The smallest absolute Gasteiger partial charge is 0.168 e. The molecule has 94 valence electrons. The van der Waals surface area contributed by atoms with Crippen LogP contribution in [0.2, 0.25) is 0 Å². The monoisotopic (exact) mass is 240 g/mol. The molecule has 0 aromatic carbocycles. The molecule has 2 rings (SSSR count). The lowest BCUT2D eigenvalue weighted by Crippen LogP contribution is -2.26. The maximum absolute atomic E-state index is 9.48. The molecule has 0 heterocycles. The zero-order valence-electron chi connectivity index (χ0n) is 11.2. The summed E-state index contributed by atoms with van der Waals surface area (Å²) >= 11 is 0. The van der Waals surface area contributed by atoms with Gasteiger partial charge in [-0.25, -0.2) is 0 Å². The first-order valence-corrected chi connectivity index (χ1v) is 6.86. The third-order valence-corrected chi connectivity index (χ3v) is 4.66. The molecule has 1 fully saturated rings. The zero-order chi connectivity index (χ0) is 13.2. The first-order chi connectivity index (χ1) is 8.68. The van der Waals surface area contributed by atoms with E-state index in [4.69, 9.17) is 0 Å². The summed E-state index contributed by atoms with van der Waals surface area (Å²) in [5.74, 6) is 0.872. The summed E-state index contributed by atoms with van der Waals surface area (Å²) in [7, 11) is 0. The topological polar surface area (TPSA) is 47.6 Å². The summed E-state index contributed by atoms with van der Waals surface area (Å²) < 4.78 is 0. The van der Waals surface area contributed by atoms with Crippen molar-refractivity contribution in [3.05, 3.63) is 23.3 Å². The van der Waals surface area contributed by atoms with Gasteiger partial charge >= 0.3 is 0 Å². The molecular weight excluding hydrogens is 220 g/mol. The lowest BCUT2D eigenvalue weighted by atomic mass is 9.70. The molecule has 2 nitrogen and oxygen atoms in total. The minimum Gasteiger partial charge on any atom is -0.196 e. The van der Waals surface area contributed by atoms with E-state index in [2.05, 4.69) is 25.1 Å². The maximum atomic E-state index is 9.48. The Kier molecular flexibility index (Phi) is 3.58. The lowest BCUT2D eigenvalue weighted by Gasteiger charge is -2.32. The van der Waals surface area contributed by atoms with Crippen LogP contribution in [0, 0.1) is 39.9 Å². The fraction of sp³-hybridized carbons (Fsp3) is 0.625. The highest BCUT2D eigenvalue weighted by molar-refractivity contribution is 5.39. The Hall–Kier alpha value is -1.54. The summed E-state index contributed by atoms with van der Waals surface area (Å²) in [5, 5.41) is 19.0. The van der Waals surface area contributed by atoms with Crippen molar-refractivity contribution in [2.45, 2.75) is 46.0 Å². The van der Waals surface area contributed by atoms with Gasteiger partial charge in [0.25, 0.3) is 0 Å². The molecule has 0 aromatic rings. The Morgan fingerprint density at radius 2 is 2.06 bits per heavy atom. The van der Waals surface area contributed by atoms with Gasteiger partial charge in [-0.3, -0.25) is 0 Å². The molecule has 0 spiro atoms. The highest BCUT2D eigenvalue weighted by Gasteiger charge is 2.42. The molecule has 2 aliphatic carbocycles. The van der Waals surface area contributed by atoms with Crippen molar-refractivity contribution in [3.63, 3.8) is 0 Å². The van der Waals surface area contributed by atoms with Crippen LogP contribution in [0.4, 0.5) is 0 Å². The number of fused-ring (bicyclic) bond motifs is 1. The normalized spacial score (nSPS) is 32.7. The van der Waals surface area contributed by atoms with Crippen LogP contribution >= 0.6 is 0 Å². The largest absolute Gasteiger partial charge is 0.196 e. The highest BCUT2D eigenvalue weighted by atomic mass is 14.5. The van der Waals surface area contributed by atoms with E-state index < -0.39 is 5.41 Å². The summed E-state index contributed by atoms with van der Waals surface area (Å²) in [4.78, 5) is 0. The van der Waals surface area contributed by atoms with Gasteiger partial charge in [-0.05, 0) is 43.6 Å². The standard InChI is InChI=1S/C16H20N2/c1-3-15-12(2)14-7-5-4-6-13(14)8-9-16(15,10-17)11-18/h3,8,12,14H,4-7,9H2,1-2H3/b15-3+/t12?,14-/m1/s1. The second-order valence-electron chi connectivity index (χ2n) is 5.50. The quantitative estimate of drug-likeness (QED) is 0.598. The molecule has 2 atom stereocenters. The van der Waals surface area contributed by atoms with Gasteiger partial charge in [0.15, 0.2) is 5.41 Å². The van der Waals surface area contributed by atoms with Crippen molar-refractivity contribution in [2.75, 3.05) is 0 Å². The molecule has 1 unspecified atom stereocenters. The second kappa shape index (κ2) is 4.99. The van der Waals surface area contributed by atoms with E-state index in [1.807, 2.05) is 13.0 Å². The minimum absolute atomic E-state index is 0.323. The van der Waals surface area contributed by atoms with Crippen LogP contribution in [-0.4, -0.2) is 0 Å². The maximum Gasteiger partial charge on any atom is 0.168 e. The highest BCUT2D eigenvalue weighted by Crippen LogP contribution is 2.47. The predicted octanol–water partition coefficient (Wildman–Crippen LogP) is 4.12. The molecule has 0 bridgehead atoms. The Labute approximate surface area is 110 Å². The lowest BCUT2D eigenvalue weighted by molar-refractivity contribution is 0.357. The van der Waals surface area contributed by atoms with Gasteiger partial charge in [-0.15, -0.1) is 0 Å². The number of rotatable bonds is 0. The fourth-order valence-corrected chi connectivity index (χ4v) is 3.65. The van der Waals surface area contributed by atoms with Gasteiger partial charge in [0, 0.05) is 6.42 Å². The number of allylic oxidation sites excluding steroid dienone is 4. The molecule has 2 aliphatic rings. The van der Waals surface area contributed by atoms with E-state index in [0.717, 1.165) is 12.0 Å². The molecule has 0 N–H and O–H groups in total. The minimum atomic E-state index is -0.932. The van der Waals surface area contributed by atoms with Gasteiger partial charge in [0.1, 0.15) is 0 Å². The van der Waals surface area contributed by atoms with Crippen molar-refractivity contribution in [1.82, 2.24) is 0 Å². The Morgan fingerprint density at radius 1 is 1.33 bits per heavy atom. The van der Waals surface area contributed by atoms with E-state index in [-0.39, 0.29) is 0 Å². The fourth-order valence-electron chi connectivity index (χ4n) is 3.65. The average Bonchev–Trinajstić information content (AvgIpc) is 2.54. The summed E-state index contributed by atoms with van der Waals surface area (Å²) in [6, 6.07) is 4.55. The van der Waals surface area contributed by atoms with Gasteiger partial charge in [-0.2, -0.15) is 10.5 Å². The third kappa shape index (κ3) is 1.87. The van der Waals surface area contributed by atoms with Gasteiger partial charge in [0.2, 0.25) is 0 Å². The summed E-state index contributed by atoms with van der Waals surface area (Å²) in [6.45, 7) is 4.15. The Morgan fingerprint density at radius 3 is 2.67 bits per heavy atom. The van der Waals surface area contributed by atoms with Crippen LogP contribution in [0.3, 0.4) is 0 Å². The Balaban J connectivity index is 2.48. The first kappa shape index (κ1) is 12.9. The summed E-state index contributed by atoms with van der Waals surface area (Å²) in [6.07, 6.45) is 9.64. The molecule has 0 aromatic heterocycles. The van der Waals surface area contributed by atoms with E-state index in [0.29, 0.717) is 18.3 Å². The number of hydrogen-bond acceptors (Lipinski definition) is 2. The zero-order valence-corrected chi connectivity index (χ0v) is 11.2. The van der Waals surface area contributed by atoms with Crippen molar-refractivity contribution < 1.29 is 0 Å². The third-order valence-electron chi connectivity index (χ3n) is 4.66. The number of nitriles is 2. The Bertz CT molecular complexity index is 456. The van der Waals surface area contributed by atoms with Crippen molar-refractivity contribution in [1.29, 1.82) is 10.5 Å². The van der Waals surface area contributed by atoms with Gasteiger partial charge in [0.05, 0.1) is 12.1 Å². The van der Waals surface area contributed by atoms with Gasteiger partial charge < -0.3 is 0 Å². The SMILES string of the molecule is C/C=C1\C(C)[C@H]2CCCCC2=CCC1(C#N)C#N. The molecule has 0 amide bonds. The van der Waals surface area contributed by atoms with Crippen LogP contribution in [0.15, 0.2) is 23.3 Å². The molecule has 1 saturated carbocycles. The molecular formula is C16H20N2. The molecule has 18 heavy (non-hydrogen) atoms.